The van der Waals surface area contributed by atoms with Crippen molar-refractivity contribution in [2.24, 2.45) is 0 Å². The molecule has 0 amide bonds. The number of halogens is 6. The van der Waals surface area contributed by atoms with Crippen molar-refractivity contribution in [3.05, 3.63) is 193 Å². The predicted octanol–water partition coefficient (Wildman–Crippen LogP) is 10.6. The molecule has 0 atom stereocenters. The molecule has 0 saturated heterocycles. The van der Waals surface area contributed by atoms with E-state index in [0.29, 0.717) is 0 Å². The third-order valence-electron chi connectivity index (χ3n) is 8.06. The molecule has 0 aliphatic carbocycles. The van der Waals surface area contributed by atoms with E-state index < -0.39 is 32.9 Å². The van der Waals surface area contributed by atoms with Crippen molar-refractivity contribution >= 4 is 111 Å². The standard InChI is InChI=1S/C36H28OP2.C6H4N2O2S3.CH2Cl2.BF4.Cu/c1-5-17-29(18-6-1)38(30-19-7-2-8-20-30)35-27-15-13-25-33(35)37-34-26-14-16-28-36(34)39(31-21-9-3-10-22-31)32-23-11-4-12-24-32;9-13(10,5-7-1-3-11-5)6-8-2-4-12-6;2-1-3;2-1(3,4)5;/h1-28H;1-4H;1H2;;/q;;;-1;+1/p+2. The Labute approximate surface area is 383 Å². The van der Waals surface area contributed by atoms with Crippen LogP contribution in [0.1, 0.15) is 0 Å². The van der Waals surface area contributed by atoms with Crippen LogP contribution in [0, 0.1) is 0 Å². The van der Waals surface area contributed by atoms with Gasteiger partial charge in [0.1, 0.15) is 47.7 Å². The number of sulfone groups is 1. The molecular formula is C43H36BCl2CuF4N2O3P2S3+2. The van der Waals surface area contributed by atoms with Crippen molar-refractivity contribution in [3.8, 4) is 11.5 Å². The van der Waals surface area contributed by atoms with Crippen molar-refractivity contribution in [1.29, 1.82) is 0 Å². The fourth-order valence-electron chi connectivity index (χ4n) is 5.78. The molecule has 0 aliphatic rings. The van der Waals surface area contributed by atoms with Gasteiger partial charge in [0.05, 0.1) is 5.34 Å². The first-order valence-electron chi connectivity index (χ1n) is 17.9. The summed E-state index contributed by atoms with van der Waals surface area (Å²) in [6.07, 6.45) is 2.93. The fourth-order valence-corrected chi connectivity index (χ4v) is 14.3. The van der Waals surface area contributed by atoms with E-state index in [2.05, 4.69) is 180 Å². The molecule has 8 rings (SSSR count). The largest absolute Gasteiger partial charge is 1.00 e. The Balaban J connectivity index is 0.000000307. The van der Waals surface area contributed by atoms with Crippen molar-refractivity contribution in [2.45, 2.75) is 8.68 Å². The zero-order valence-corrected chi connectivity index (χ0v) is 38.6. The van der Waals surface area contributed by atoms with E-state index in [4.69, 9.17) is 27.9 Å². The van der Waals surface area contributed by atoms with E-state index >= 15 is 0 Å². The van der Waals surface area contributed by atoms with E-state index in [0.717, 1.165) is 34.2 Å². The number of nitrogens with zero attached hydrogens (tertiary/aromatic N) is 2. The van der Waals surface area contributed by atoms with Crippen LogP contribution in [0.2, 0.25) is 0 Å². The van der Waals surface area contributed by atoms with Crippen LogP contribution in [0.15, 0.2) is 202 Å². The summed E-state index contributed by atoms with van der Waals surface area (Å²) in [7, 11) is -12.0. The molecule has 5 nitrogen and oxygen atoms in total. The maximum Gasteiger partial charge on any atom is 1.00 e. The summed E-state index contributed by atoms with van der Waals surface area (Å²) in [5.74, 6) is 1.85. The van der Waals surface area contributed by atoms with Gasteiger partial charge in [-0.25, -0.2) is 18.4 Å². The monoisotopic (exact) mass is 1010 g/mol. The van der Waals surface area contributed by atoms with Gasteiger partial charge in [-0.05, 0) is 72.8 Å². The molecule has 0 radical (unpaired) electrons. The van der Waals surface area contributed by atoms with Crippen LogP contribution in [0.4, 0.5) is 17.3 Å². The van der Waals surface area contributed by atoms with Gasteiger partial charge in [-0.2, -0.15) is 0 Å². The maximum absolute atomic E-state index is 11.7. The summed E-state index contributed by atoms with van der Waals surface area (Å²) < 4.78 is 69.4. The number of alkyl halides is 2. The van der Waals surface area contributed by atoms with Gasteiger partial charge >= 0.3 is 24.3 Å². The van der Waals surface area contributed by atoms with Gasteiger partial charge in [-0.15, -0.1) is 45.9 Å². The number of benzene rings is 6. The molecule has 8 aromatic rings. The van der Waals surface area contributed by atoms with Gasteiger partial charge in [-0.1, -0.05) is 97.1 Å². The first kappa shape index (κ1) is 49.7. The van der Waals surface area contributed by atoms with Gasteiger partial charge in [0.25, 0.3) is 9.84 Å². The van der Waals surface area contributed by atoms with Crippen LogP contribution in [0.25, 0.3) is 0 Å². The first-order valence-corrected chi connectivity index (χ1v) is 25.2. The maximum atomic E-state index is 11.7. The Morgan fingerprint density at radius 1 is 0.508 bits per heavy atom. The molecule has 2 heterocycles. The molecule has 0 N–H and O–H groups in total. The number of hydrogen-bond acceptors (Lipinski definition) is 7. The molecule has 318 valence electrons. The van der Waals surface area contributed by atoms with Gasteiger partial charge in [0.15, 0.2) is 11.5 Å². The molecule has 0 unspecified atom stereocenters. The normalized spacial score (nSPS) is 10.8. The Kier molecular flexibility index (Phi) is 20.6. The molecule has 0 spiro atoms. The number of thiazole rings is 2. The molecule has 0 saturated carbocycles. The van der Waals surface area contributed by atoms with E-state index in [1.54, 1.807) is 10.8 Å². The minimum atomic E-state index is -6.00. The van der Waals surface area contributed by atoms with E-state index in [-0.39, 0.29) is 31.1 Å². The van der Waals surface area contributed by atoms with Crippen LogP contribution in [-0.4, -0.2) is 31.0 Å². The second kappa shape index (κ2) is 25.2. The predicted molar refractivity (Wildman–Crippen MR) is 250 cm³/mol. The van der Waals surface area contributed by atoms with Gasteiger partial charge in [0.2, 0.25) is 8.68 Å². The summed E-state index contributed by atoms with van der Waals surface area (Å²) in [5.41, 5.74) is 0. The molecule has 0 bridgehead atoms. The quantitative estimate of drug-likeness (QED) is 0.0591. The third kappa shape index (κ3) is 15.1. The third-order valence-corrected chi connectivity index (χ3v) is 17.8. The smallest absolute Gasteiger partial charge is 0.449 e. The molecule has 2 aromatic heterocycles. The van der Waals surface area contributed by atoms with Gasteiger partial charge < -0.3 is 22.0 Å². The van der Waals surface area contributed by atoms with Crippen LogP contribution in [0.5, 0.6) is 11.5 Å². The molecule has 61 heavy (non-hydrogen) atoms. The van der Waals surface area contributed by atoms with Crippen molar-refractivity contribution in [3.63, 3.8) is 0 Å². The van der Waals surface area contributed by atoms with Crippen molar-refractivity contribution in [2.75, 3.05) is 5.34 Å². The minimum absolute atomic E-state index is 0. The molecule has 18 heteroatoms. The van der Waals surface area contributed by atoms with Gasteiger partial charge in [0, 0.05) is 23.2 Å². The molecular weight excluding hydrogens is 972 g/mol. The Morgan fingerprint density at radius 2 is 0.770 bits per heavy atom. The zero-order chi connectivity index (χ0) is 42.8. The molecule has 0 fully saturated rings. The zero-order valence-electron chi connectivity index (χ0n) is 31.7. The van der Waals surface area contributed by atoms with Crippen molar-refractivity contribution in [1.82, 2.24) is 9.97 Å². The number of para-hydroxylation sites is 2. The van der Waals surface area contributed by atoms with Crippen LogP contribution < -0.4 is 36.6 Å². The summed E-state index contributed by atoms with van der Waals surface area (Å²) in [6, 6.07) is 60.6. The van der Waals surface area contributed by atoms with E-state index in [9.17, 15) is 25.7 Å². The summed E-state index contributed by atoms with van der Waals surface area (Å²) in [5, 5.41) is 11.3. The second-order valence-electron chi connectivity index (χ2n) is 12.0. The Hall–Kier alpha value is -3.93. The Bertz CT molecular complexity index is 2310. The number of ether oxygens (including phenoxy) is 1. The van der Waals surface area contributed by atoms with Crippen LogP contribution in [0.3, 0.4) is 0 Å². The summed E-state index contributed by atoms with van der Waals surface area (Å²) in [6.45, 7) is 0. The SMILES string of the molecule is ClCCl.F[B-](F)(F)F.O=S(=O)(c1nccs1)c1nccs1.[Cu+].c1ccc([PH+](c2ccccc2)c2ccccc2Oc2ccccc2[PH+](c2ccccc2)c2ccccc2)cc1. The van der Waals surface area contributed by atoms with Gasteiger partial charge in [-0.3, -0.25) is 0 Å². The first-order chi connectivity index (χ1) is 29.0. The second-order valence-corrected chi connectivity index (χ2v) is 21.8. The molecule has 0 aliphatic heterocycles. The van der Waals surface area contributed by atoms with E-state index in [1.807, 2.05) is 0 Å². The Morgan fingerprint density at radius 3 is 1.03 bits per heavy atom. The van der Waals surface area contributed by atoms with E-state index in [1.165, 1.54) is 44.2 Å². The van der Waals surface area contributed by atoms with Crippen molar-refractivity contribution < 1.29 is 47.5 Å². The number of hydrogen-bond donors (Lipinski definition) is 0. The number of aromatic nitrogens is 2. The van der Waals surface area contributed by atoms with Crippen LogP contribution >= 0.6 is 61.7 Å². The summed E-state index contributed by atoms with van der Waals surface area (Å²) >= 11 is 11.7. The topological polar surface area (TPSA) is 69.2 Å². The fraction of sp³-hybridized carbons (Fsp3) is 0.0233. The number of rotatable bonds is 10. The minimum Gasteiger partial charge on any atom is -0.449 e. The molecule has 6 aromatic carbocycles. The average molecular weight is 1010 g/mol. The summed E-state index contributed by atoms with van der Waals surface area (Å²) in [4.78, 5) is 7.48. The van der Waals surface area contributed by atoms with Crippen LogP contribution in [-0.2, 0) is 26.9 Å². The average Bonchev–Trinajstić information content (AvgIpc) is 4.02.